The second-order valence-corrected chi connectivity index (χ2v) is 4.13. The van der Waals surface area contributed by atoms with E-state index in [4.69, 9.17) is 0 Å². The fourth-order valence-electron chi connectivity index (χ4n) is 0.834. The molecule has 1 aromatic carbocycles. The lowest BCUT2D eigenvalue weighted by Gasteiger charge is -2.06. The summed E-state index contributed by atoms with van der Waals surface area (Å²) in [7, 11) is 0. The van der Waals surface area contributed by atoms with Crippen molar-refractivity contribution >= 4 is 0 Å². The molecule has 0 amide bonds. The van der Waals surface area contributed by atoms with Crippen LogP contribution in [0.1, 0.15) is 26.3 Å². The molecule has 74 valence electrons. The smallest absolute Gasteiger partial charge is 0.160 e. The van der Waals surface area contributed by atoms with Gasteiger partial charge in [-0.25, -0.2) is 8.78 Å². The Labute approximate surface area is 83.0 Å². The van der Waals surface area contributed by atoms with Gasteiger partial charge in [-0.05, 0) is 39.0 Å². The Bertz CT molecular complexity index is 389. The van der Waals surface area contributed by atoms with Gasteiger partial charge in [0.05, 0.1) is 0 Å². The van der Waals surface area contributed by atoms with Crippen molar-refractivity contribution < 1.29 is 8.78 Å². The topological polar surface area (TPSA) is 0 Å². The standard InChI is InChI=1S/C12H12F2/c1-12(2,3)7-6-9-4-5-10(13)11(14)8-9/h4-5,8H,1-3H3. The van der Waals surface area contributed by atoms with Crippen LogP contribution < -0.4 is 0 Å². The number of benzene rings is 1. The van der Waals surface area contributed by atoms with E-state index in [1.54, 1.807) is 0 Å². The number of rotatable bonds is 0. The van der Waals surface area contributed by atoms with Crippen molar-refractivity contribution in [3.05, 3.63) is 35.4 Å². The zero-order valence-electron chi connectivity index (χ0n) is 8.49. The molecule has 14 heavy (non-hydrogen) atoms. The summed E-state index contributed by atoms with van der Waals surface area (Å²) in [6.45, 7) is 5.87. The lowest BCUT2D eigenvalue weighted by Crippen LogP contribution is -1.99. The monoisotopic (exact) mass is 194 g/mol. The van der Waals surface area contributed by atoms with E-state index < -0.39 is 11.6 Å². The Morgan fingerprint density at radius 1 is 1.07 bits per heavy atom. The maximum atomic E-state index is 12.8. The van der Waals surface area contributed by atoms with Gasteiger partial charge in [0.25, 0.3) is 0 Å². The molecule has 1 aromatic rings. The van der Waals surface area contributed by atoms with Gasteiger partial charge in [0, 0.05) is 11.0 Å². The van der Waals surface area contributed by atoms with Crippen LogP contribution in [0.4, 0.5) is 8.78 Å². The molecule has 0 unspecified atom stereocenters. The van der Waals surface area contributed by atoms with Crippen molar-refractivity contribution in [2.24, 2.45) is 5.41 Å². The second kappa shape index (κ2) is 3.79. The average Bonchev–Trinajstić information content (AvgIpc) is 2.06. The highest BCUT2D eigenvalue weighted by atomic mass is 19.2. The highest BCUT2D eigenvalue weighted by Gasteiger charge is 2.04. The zero-order valence-corrected chi connectivity index (χ0v) is 8.49. The van der Waals surface area contributed by atoms with Gasteiger partial charge < -0.3 is 0 Å². The fourth-order valence-corrected chi connectivity index (χ4v) is 0.834. The SMILES string of the molecule is CC(C)(C)C#Cc1ccc(F)c(F)c1. The highest BCUT2D eigenvalue weighted by molar-refractivity contribution is 5.35. The Hall–Kier alpha value is -1.36. The number of hydrogen-bond donors (Lipinski definition) is 0. The molecule has 0 aliphatic heterocycles. The van der Waals surface area contributed by atoms with Gasteiger partial charge in [-0.15, -0.1) is 0 Å². The van der Waals surface area contributed by atoms with E-state index in [0.717, 1.165) is 12.1 Å². The molecule has 0 saturated carbocycles. The molecule has 0 nitrogen and oxygen atoms in total. The third-order valence-electron chi connectivity index (χ3n) is 1.50. The lowest BCUT2D eigenvalue weighted by atomic mass is 9.97. The summed E-state index contributed by atoms with van der Waals surface area (Å²) in [5.74, 6) is 4.04. The van der Waals surface area contributed by atoms with Crippen LogP contribution in [-0.4, -0.2) is 0 Å². The highest BCUT2D eigenvalue weighted by Crippen LogP contribution is 2.12. The van der Waals surface area contributed by atoms with Crippen molar-refractivity contribution in [1.29, 1.82) is 0 Å². The minimum atomic E-state index is -0.856. The van der Waals surface area contributed by atoms with Crippen molar-refractivity contribution in [3.8, 4) is 11.8 Å². The maximum Gasteiger partial charge on any atom is 0.160 e. The van der Waals surface area contributed by atoms with Gasteiger partial charge in [-0.1, -0.05) is 11.8 Å². The van der Waals surface area contributed by atoms with E-state index in [-0.39, 0.29) is 5.41 Å². The first-order valence-corrected chi connectivity index (χ1v) is 4.37. The summed E-state index contributed by atoms with van der Waals surface area (Å²) in [4.78, 5) is 0. The first-order chi connectivity index (χ1) is 6.38. The van der Waals surface area contributed by atoms with Crippen molar-refractivity contribution in [3.63, 3.8) is 0 Å². The third-order valence-corrected chi connectivity index (χ3v) is 1.50. The van der Waals surface area contributed by atoms with Crippen molar-refractivity contribution in [2.75, 3.05) is 0 Å². The van der Waals surface area contributed by atoms with Crippen LogP contribution in [-0.2, 0) is 0 Å². The minimum absolute atomic E-state index is 0.134. The molecule has 0 heterocycles. The molecule has 0 bridgehead atoms. The van der Waals surface area contributed by atoms with Gasteiger partial charge >= 0.3 is 0 Å². The van der Waals surface area contributed by atoms with E-state index in [2.05, 4.69) is 11.8 Å². The first-order valence-electron chi connectivity index (χ1n) is 4.37. The molecule has 0 aromatic heterocycles. The van der Waals surface area contributed by atoms with Crippen LogP contribution in [0.3, 0.4) is 0 Å². The van der Waals surface area contributed by atoms with Gasteiger partial charge in [-0.2, -0.15) is 0 Å². The lowest BCUT2D eigenvalue weighted by molar-refractivity contribution is 0.508. The molecule has 0 aliphatic rings. The van der Waals surface area contributed by atoms with Crippen molar-refractivity contribution in [2.45, 2.75) is 20.8 Å². The molecule has 2 heteroatoms. The van der Waals surface area contributed by atoms with Crippen molar-refractivity contribution in [1.82, 2.24) is 0 Å². The van der Waals surface area contributed by atoms with Gasteiger partial charge in [-0.3, -0.25) is 0 Å². The number of halogens is 2. The van der Waals surface area contributed by atoms with E-state index in [1.165, 1.54) is 6.07 Å². The van der Waals surface area contributed by atoms with Gasteiger partial charge in [0.1, 0.15) is 0 Å². The van der Waals surface area contributed by atoms with Crippen LogP contribution in [0.5, 0.6) is 0 Å². The predicted molar refractivity (Wildman–Crippen MR) is 52.7 cm³/mol. The fraction of sp³-hybridized carbons (Fsp3) is 0.333. The van der Waals surface area contributed by atoms with Crippen LogP contribution in [0.15, 0.2) is 18.2 Å². The molecular weight excluding hydrogens is 182 g/mol. The summed E-state index contributed by atoms with van der Waals surface area (Å²) >= 11 is 0. The summed E-state index contributed by atoms with van der Waals surface area (Å²) in [6.07, 6.45) is 0. The molecule has 0 radical (unpaired) electrons. The molecule has 0 aliphatic carbocycles. The van der Waals surface area contributed by atoms with Crippen LogP contribution in [0.2, 0.25) is 0 Å². The largest absolute Gasteiger partial charge is 0.204 e. The Kier molecular flexibility index (Phi) is 2.90. The van der Waals surface area contributed by atoms with Gasteiger partial charge in [0.15, 0.2) is 11.6 Å². The normalized spacial score (nSPS) is 10.6. The Morgan fingerprint density at radius 3 is 2.21 bits per heavy atom. The van der Waals surface area contributed by atoms with E-state index in [9.17, 15) is 8.78 Å². The zero-order chi connectivity index (χ0) is 10.8. The molecule has 0 N–H and O–H groups in total. The van der Waals surface area contributed by atoms with E-state index in [1.807, 2.05) is 20.8 Å². The molecule has 1 rings (SSSR count). The van der Waals surface area contributed by atoms with Crippen LogP contribution in [0, 0.1) is 28.9 Å². The summed E-state index contributed by atoms with van der Waals surface area (Å²) in [5.41, 5.74) is 0.365. The molecular formula is C12H12F2. The molecule has 0 saturated heterocycles. The van der Waals surface area contributed by atoms with E-state index in [0.29, 0.717) is 5.56 Å². The summed E-state index contributed by atoms with van der Waals surface area (Å²) < 4.78 is 25.3. The molecule has 0 spiro atoms. The Balaban J connectivity index is 2.98. The summed E-state index contributed by atoms with van der Waals surface area (Å²) in [6, 6.07) is 3.66. The van der Waals surface area contributed by atoms with E-state index >= 15 is 0 Å². The quantitative estimate of drug-likeness (QED) is 0.555. The molecule has 0 atom stereocenters. The van der Waals surface area contributed by atoms with Crippen LogP contribution in [0.25, 0.3) is 0 Å². The first kappa shape index (κ1) is 10.7. The second-order valence-electron chi connectivity index (χ2n) is 4.13. The van der Waals surface area contributed by atoms with Crippen LogP contribution >= 0.6 is 0 Å². The minimum Gasteiger partial charge on any atom is -0.204 e. The number of hydrogen-bond acceptors (Lipinski definition) is 0. The maximum absolute atomic E-state index is 12.8. The predicted octanol–water partition coefficient (Wildman–Crippen LogP) is 3.36. The van der Waals surface area contributed by atoms with Gasteiger partial charge in [0.2, 0.25) is 0 Å². The summed E-state index contributed by atoms with van der Waals surface area (Å²) in [5, 5.41) is 0. The molecule has 0 fully saturated rings. The Morgan fingerprint density at radius 2 is 1.71 bits per heavy atom. The average molecular weight is 194 g/mol. The third kappa shape index (κ3) is 3.18.